The Kier molecular flexibility index (Phi) is 6.74. The van der Waals surface area contributed by atoms with Crippen LogP contribution in [0.2, 0.25) is 0 Å². The van der Waals surface area contributed by atoms with E-state index in [0.29, 0.717) is 41.2 Å². The summed E-state index contributed by atoms with van der Waals surface area (Å²) < 4.78 is 35.8. The van der Waals surface area contributed by atoms with E-state index in [1.807, 2.05) is 19.0 Å². The summed E-state index contributed by atoms with van der Waals surface area (Å²) in [5.74, 6) is 0.248. The maximum Gasteiger partial charge on any atom is 0.205 e. The molecule has 3 rings (SSSR count). The fraction of sp³-hybridized carbons (Fsp3) is 0.261. The number of carbonyl (C=O) groups is 1. The van der Waals surface area contributed by atoms with E-state index in [-0.39, 0.29) is 22.9 Å². The molecule has 0 saturated carbocycles. The van der Waals surface area contributed by atoms with Gasteiger partial charge < -0.3 is 23.5 Å². The quantitative estimate of drug-likeness (QED) is 0.382. The van der Waals surface area contributed by atoms with Gasteiger partial charge in [0.05, 0.1) is 25.9 Å². The lowest BCUT2D eigenvalue weighted by Gasteiger charge is -2.18. The van der Waals surface area contributed by atoms with Gasteiger partial charge >= 0.3 is 0 Å². The predicted molar refractivity (Wildman–Crippen MR) is 113 cm³/mol. The van der Waals surface area contributed by atoms with Crippen LogP contribution in [-0.2, 0) is 0 Å². The fourth-order valence-corrected chi connectivity index (χ4v) is 3.04. The van der Waals surface area contributed by atoms with Crippen molar-refractivity contribution in [1.82, 2.24) is 4.90 Å². The summed E-state index contributed by atoms with van der Waals surface area (Å²) in [6, 6.07) is 7.55. The van der Waals surface area contributed by atoms with E-state index in [0.717, 1.165) is 0 Å². The lowest BCUT2D eigenvalue weighted by molar-refractivity contribution is 0.104. The van der Waals surface area contributed by atoms with Gasteiger partial charge in [0.1, 0.15) is 23.7 Å². The number of halogens is 1. The normalized spacial score (nSPS) is 11.4. The number of furan rings is 1. The van der Waals surface area contributed by atoms with E-state index >= 15 is 0 Å². The smallest absolute Gasteiger partial charge is 0.205 e. The molecule has 0 radical (unpaired) electrons. The zero-order chi connectivity index (χ0) is 21.7. The second kappa shape index (κ2) is 9.45. The zero-order valence-electron chi connectivity index (χ0n) is 17.4. The summed E-state index contributed by atoms with van der Waals surface area (Å²) in [6.45, 7) is 0.974. The maximum atomic E-state index is 13.2. The Morgan fingerprint density at radius 2 is 1.77 bits per heavy atom. The van der Waals surface area contributed by atoms with E-state index < -0.39 is 0 Å². The first-order valence-corrected chi connectivity index (χ1v) is 9.37. The summed E-state index contributed by atoms with van der Waals surface area (Å²) in [5, 5.41) is 0.604. The maximum absolute atomic E-state index is 13.2. The summed E-state index contributed by atoms with van der Waals surface area (Å²) in [5.41, 5.74) is 1.36. The number of likely N-dealkylation sites (N-methyl/N-ethyl adjacent to an activating group) is 1. The van der Waals surface area contributed by atoms with Gasteiger partial charge in [-0.15, -0.1) is 0 Å². The van der Waals surface area contributed by atoms with Crippen molar-refractivity contribution in [3.63, 3.8) is 0 Å². The second-order valence-electron chi connectivity index (χ2n) is 6.83. The number of hydrogen-bond donors (Lipinski definition) is 0. The molecule has 0 unspecified atom stereocenters. The number of methoxy groups -OCH3 is 2. The van der Waals surface area contributed by atoms with Crippen molar-refractivity contribution in [2.24, 2.45) is 0 Å². The highest BCUT2D eigenvalue weighted by Crippen LogP contribution is 2.46. The van der Waals surface area contributed by atoms with Crippen molar-refractivity contribution in [2.75, 3.05) is 41.5 Å². The lowest BCUT2D eigenvalue weighted by atomic mass is 10.0. The number of allylic oxidation sites excluding steroid dienone is 1. The molecule has 30 heavy (non-hydrogen) atoms. The molecule has 0 bridgehead atoms. The van der Waals surface area contributed by atoms with Crippen LogP contribution in [0.4, 0.5) is 4.39 Å². The molecule has 0 aliphatic heterocycles. The van der Waals surface area contributed by atoms with Crippen LogP contribution < -0.4 is 14.2 Å². The number of fused-ring (bicyclic) bond motifs is 1. The van der Waals surface area contributed by atoms with Crippen molar-refractivity contribution >= 4 is 22.8 Å². The van der Waals surface area contributed by atoms with Gasteiger partial charge in [0, 0.05) is 6.54 Å². The highest BCUT2D eigenvalue weighted by molar-refractivity contribution is 6.15. The van der Waals surface area contributed by atoms with E-state index in [1.54, 1.807) is 24.3 Å². The molecule has 0 N–H and O–H groups in total. The molecule has 1 heterocycles. The van der Waals surface area contributed by atoms with Crippen LogP contribution in [0.1, 0.15) is 15.9 Å². The third-order valence-electron chi connectivity index (χ3n) is 4.51. The molecular formula is C23H24FNO5. The molecule has 0 atom stereocenters. The molecular weight excluding hydrogens is 389 g/mol. The highest BCUT2D eigenvalue weighted by Gasteiger charge is 2.28. The summed E-state index contributed by atoms with van der Waals surface area (Å²) >= 11 is 0. The first kappa shape index (κ1) is 21.4. The molecule has 6 nitrogen and oxygen atoms in total. The highest BCUT2D eigenvalue weighted by atomic mass is 19.1. The SMILES string of the molecule is COc1c(C(=O)/C=C/c2ccc(F)cc2)c(OCCN(C)C)c(OC)c2occc12. The Morgan fingerprint density at radius 1 is 1.07 bits per heavy atom. The van der Waals surface area contributed by atoms with Crippen molar-refractivity contribution in [2.45, 2.75) is 0 Å². The molecule has 7 heteroatoms. The van der Waals surface area contributed by atoms with Crippen LogP contribution in [0.3, 0.4) is 0 Å². The van der Waals surface area contributed by atoms with Crippen LogP contribution in [0.15, 0.2) is 47.1 Å². The van der Waals surface area contributed by atoms with Crippen molar-refractivity contribution in [3.8, 4) is 17.2 Å². The Morgan fingerprint density at radius 3 is 2.40 bits per heavy atom. The first-order valence-electron chi connectivity index (χ1n) is 9.37. The molecule has 2 aromatic carbocycles. The average Bonchev–Trinajstić information content (AvgIpc) is 3.21. The molecule has 0 aliphatic carbocycles. The van der Waals surface area contributed by atoms with E-state index in [1.165, 1.54) is 38.7 Å². The monoisotopic (exact) mass is 413 g/mol. The van der Waals surface area contributed by atoms with Gasteiger partial charge in [-0.25, -0.2) is 4.39 Å². The van der Waals surface area contributed by atoms with Gasteiger partial charge in [-0.2, -0.15) is 0 Å². The number of ketones is 1. The average molecular weight is 413 g/mol. The Bertz CT molecular complexity index is 1050. The molecule has 0 amide bonds. The van der Waals surface area contributed by atoms with Crippen molar-refractivity contribution in [1.29, 1.82) is 0 Å². The molecule has 0 spiro atoms. The Balaban J connectivity index is 2.09. The minimum atomic E-state index is -0.341. The largest absolute Gasteiger partial charge is 0.495 e. The van der Waals surface area contributed by atoms with Crippen molar-refractivity contribution in [3.05, 3.63) is 59.6 Å². The van der Waals surface area contributed by atoms with Gasteiger partial charge in [0.15, 0.2) is 17.1 Å². The van der Waals surface area contributed by atoms with Gasteiger partial charge in [-0.1, -0.05) is 18.2 Å². The lowest BCUT2D eigenvalue weighted by Crippen LogP contribution is -2.20. The molecule has 0 fully saturated rings. The Hall–Kier alpha value is -3.32. The summed E-state index contributed by atoms with van der Waals surface area (Å²) in [6.07, 6.45) is 4.51. The van der Waals surface area contributed by atoms with E-state index in [4.69, 9.17) is 18.6 Å². The first-order chi connectivity index (χ1) is 14.5. The second-order valence-corrected chi connectivity index (χ2v) is 6.83. The van der Waals surface area contributed by atoms with Crippen LogP contribution in [-0.4, -0.2) is 52.1 Å². The van der Waals surface area contributed by atoms with Crippen LogP contribution >= 0.6 is 0 Å². The molecule has 158 valence electrons. The number of nitrogens with zero attached hydrogens (tertiary/aromatic N) is 1. The minimum absolute atomic E-state index is 0.236. The topological polar surface area (TPSA) is 61.1 Å². The number of hydrogen-bond acceptors (Lipinski definition) is 6. The number of ether oxygens (including phenoxy) is 3. The third kappa shape index (κ3) is 4.46. The van der Waals surface area contributed by atoms with E-state index in [2.05, 4.69) is 0 Å². The predicted octanol–water partition coefficient (Wildman–Crippen LogP) is 4.43. The number of benzene rings is 2. The summed E-state index contributed by atoms with van der Waals surface area (Å²) in [7, 11) is 6.83. The molecule has 0 saturated heterocycles. The third-order valence-corrected chi connectivity index (χ3v) is 4.51. The van der Waals surface area contributed by atoms with Crippen LogP contribution in [0, 0.1) is 5.82 Å². The fourth-order valence-electron chi connectivity index (χ4n) is 3.04. The number of carbonyl (C=O) groups excluding carboxylic acids is 1. The van der Waals surface area contributed by atoms with Gasteiger partial charge in [0.25, 0.3) is 0 Å². The Labute approximate surface area is 174 Å². The van der Waals surface area contributed by atoms with E-state index in [9.17, 15) is 9.18 Å². The number of rotatable bonds is 9. The van der Waals surface area contributed by atoms with Gasteiger partial charge in [-0.05, 0) is 43.9 Å². The summed E-state index contributed by atoms with van der Waals surface area (Å²) in [4.78, 5) is 15.2. The zero-order valence-corrected chi connectivity index (χ0v) is 17.4. The standard InChI is InChI=1S/C23H24FNO5/c1-25(2)12-14-30-22-19(18(26)10-7-15-5-8-16(24)9-6-15)20(27-3)17-11-13-29-21(17)23(22)28-4/h5-11,13H,12,14H2,1-4H3/b10-7+. The van der Waals surface area contributed by atoms with Gasteiger partial charge in [0.2, 0.25) is 5.75 Å². The van der Waals surface area contributed by atoms with Crippen molar-refractivity contribution < 1.29 is 27.8 Å². The minimum Gasteiger partial charge on any atom is -0.495 e. The van der Waals surface area contributed by atoms with Crippen LogP contribution in [0.25, 0.3) is 17.0 Å². The molecule has 3 aromatic rings. The molecule has 1 aromatic heterocycles. The molecule has 0 aliphatic rings. The van der Waals surface area contributed by atoms with Gasteiger partial charge in [-0.3, -0.25) is 4.79 Å². The van der Waals surface area contributed by atoms with Crippen LogP contribution in [0.5, 0.6) is 17.2 Å².